The minimum absolute atomic E-state index is 0.230. The molecule has 5 heteroatoms. The van der Waals surface area contributed by atoms with Crippen LogP contribution >= 0.6 is 0 Å². The van der Waals surface area contributed by atoms with Gasteiger partial charge in [-0.3, -0.25) is 4.79 Å². The highest BCUT2D eigenvalue weighted by molar-refractivity contribution is 5.73. The van der Waals surface area contributed by atoms with Crippen molar-refractivity contribution in [1.82, 2.24) is 9.55 Å². The van der Waals surface area contributed by atoms with E-state index in [9.17, 15) is 4.79 Å². The molecule has 0 aliphatic carbocycles. The van der Waals surface area contributed by atoms with Crippen LogP contribution in [0.25, 0.3) is 0 Å². The number of rotatable bonds is 6. The van der Waals surface area contributed by atoms with Gasteiger partial charge in [0.2, 0.25) is 0 Å². The standard InChI is InChI=1S/C12H21N3O2/c1-4-17-12(16)10(6-13)5-11-7-14-8-15(11)9(2)3/h7-10H,4-6,13H2,1-3H3. The summed E-state index contributed by atoms with van der Waals surface area (Å²) in [4.78, 5) is 15.8. The lowest BCUT2D eigenvalue weighted by molar-refractivity contribution is -0.147. The lowest BCUT2D eigenvalue weighted by Crippen LogP contribution is -2.28. The van der Waals surface area contributed by atoms with Gasteiger partial charge < -0.3 is 15.0 Å². The van der Waals surface area contributed by atoms with Gasteiger partial charge in [0.05, 0.1) is 18.9 Å². The number of imidazole rings is 1. The summed E-state index contributed by atoms with van der Waals surface area (Å²) in [6.07, 6.45) is 4.13. The van der Waals surface area contributed by atoms with Gasteiger partial charge in [-0.05, 0) is 20.8 Å². The Morgan fingerprint density at radius 3 is 2.82 bits per heavy atom. The van der Waals surface area contributed by atoms with Gasteiger partial charge in [0.1, 0.15) is 0 Å². The number of hydrogen-bond acceptors (Lipinski definition) is 4. The summed E-state index contributed by atoms with van der Waals surface area (Å²) in [5, 5.41) is 0. The minimum Gasteiger partial charge on any atom is -0.466 e. The lowest BCUT2D eigenvalue weighted by atomic mass is 10.0. The summed E-state index contributed by atoms with van der Waals surface area (Å²) >= 11 is 0. The van der Waals surface area contributed by atoms with Crippen LogP contribution in [-0.2, 0) is 16.0 Å². The van der Waals surface area contributed by atoms with E-state index in [0.717, 1.165) is 5.69 Å². The van der Waals surface area contributed by atoms with Gasteiger partial charge in [0.25, 0.3) is 0 Å². The molecule has 0 amide bonds. The molecule has 0 aliphatic rings. The number of ether oxygens (including phenoxy) is 1. The summed E-state index contributed by atoms with van der Waals surface area (Å²) in [6, 6.07) is 0.327. The summed E-state index contributed by atoms with van der Waals surface area (Å²) in [6.45, 7) is 6.63. The Bertz CT molecular complexity index is 360. The van der Waals surface area contributed by atoms with Crippen molar-refractivity contribution in [1.29, 1.82) is 0 Å². The second-order valence-corrected chi connectivity index (χ2v) is 4.27. The smallest absolute Gasteiger partial charge is 0.310 e. The van der Waals surface area contributed by atoms with Crippen molar-refractivity contribution in [3.63, 3.8) is 0 Å². The number of hydrogen-bond donors (Lipinski definition) is 1. The minimum atomic E-state index is -0.288. The third-order valence-electron chi connectivity index (χ3n) is 2.66. The molecule has 0 saturated carbocycles. The van der Waals surface area contributed by atoms with Crippen LogP contribution in [0.1, 0.15) is 32.5 Å². The number of esters is 1. The zero-order valence-electron chi connectivity index (χ0n) is 10.7. The van der Waals surface area contributed by atoms with Gasteiger partial charge in [0.15, 0.2) is 0 Å². The van der Waals surface area contributed by atoms with Crippen molar-refractivity contribution < 1.29 is 9.53 Å². The van der Waals surface area contributed by atoms with E-state index in [0.29, 0.717) is 25.6 Å². The molecule has 1 aromatic rings. The first-order valence-corrected chi connectivity index (χ1v) is 5.97. The van der Waals surface area contributed by atoms with Crippen molar-refractivity contribution in [2.75, 3.05) is 13.2 Å². The van der Waals surface area contributed by atoms with Gasteiger partial charge in [-0.25, -0.2) is 4.98 Å². The predicted molar refractivity (Wildman–Crippen MR) is 65.5 cm³/mol. The molecule has 0 spiro atoms. The van der Waals surface area contributed by atoms with E-state index in [4.69, 9.17) is 10.5 Å². The largest absolute Gasteiger partial charge is 0.466 e. The van der Waals surface area contributed by atoms with Crippen LogP contribution in [0.3, 0.4) is 0 Å². The topological polar surface area (TPSA) is 70.1 Å². The van der Waals surface area contributed by atoms with E-state index in [2.05, 4.69) is 18.8 Å². The molecule has 1 aromatic heterocycles. The molecule has 0 saturated heterocycles. The Balaban J connectivity index is 2.73. The molecule has 2 N–H and O–H groups in total. The van der Waals surface area contributed by atoms with Crippen LogP contribution in [0.15, 0.2) is 12.5 Å². The van der Waals surface area contributed by atoms with Crippen molar-refractivity contribution in [3.05, 3.63) is 18.2 Å². The zero-order valence-corrected chi connectivity index (χ0v) is 10.7. The van der Waals surface area contributed by atoms with Gasteiger partial charge in [-0.15, -0.1) is 0 Å². The molecule has 5 nitrogen and oxygen atoms in total. The first-order valence-electron chi connectivity index (χ1n) is 5.97. The highest BCUT2D eigenvalue weighted by Crippen LogP contribution is 2.14. The molecule has 0 radical (unpaired) electrons. The second-order valence-electron chi connectivity index (χ2n) is 4.27. The third-order valence-corrected chi connectivity index (χ3v) is 2.66. The van der Waals surface area contributed by atoms with Crippen molar-refractivity contribution in [3.8, 4) is 0 Å². The average molecular weight is 239 g/mol. The van der Waals surface area contributed by atoms with E-state index >= 15 is 0 Å². The van der Waals surface area contributed by atoms with E-state index in [-0.39, 0.29) is 11.9 Å². The van der Waals surface area contributed by atoms with E-state index in [1.54, 1.807) is 19.4 Å². The molecule has 0 fully saturated rings. The molecule has 0 bridgehead atoms. The van der Waals surface area contributed by atoms with Gasteiger partial charge in [-0.2, -0.15) is 0 Å². The van der Waals surface area contributed by atoms with Crippen LogP contribution in [0.2, 0.25) is 0 Å². The SMILES string of the molecule is CCOC(=O)C(CN)Cc1cncn1C(C)C. The van der Waals surface area contributed by atoms with E-state index in [1.807, 2.05) is 4.57 Å². The third kappa shape index (κ3) is 3.56. The Kier molecular flexibility index (Phi) is 5.15. The van der Waals surface area contributed by atoms with Crippen LogP contribution in [0, 0.1) is 5.92 Å². The monoisotopic (exact) mass is 239 g/mol. The Morgan fingerprint density at radius 2 is 2.29 bits per heavy atom. The molecule has 1 atom stereocenters. The molecular weight excluding hydrogens is 218 g/mol. The van der Waals surface area contributed by atoms with Crippen LogP contribution in [-0.4, -0.2) is 28.7 Å². The maximum atomic E-state index is 11.6. The Labute approximate surface area is 102 Å². The fourth-order valence-corrected chi connectivity index (χ4v) is 1.73. The summed E-state index contributed by atoms with van der Waals surface area (Å²) in [7, 11) is 0. The first kappa shape index (κ1) is 13.7. The maximum Gasteiger partial charge on any atom is 0.310 e. The fourth-order valence-electron chi connectivity index (χ4n) is 1.73. The average Bonchev–Trinajstić information content (AvgIpc) is 2.74. The second kappa shape index (κ2) is 6.39. The number of nitrogens with zero attached hydrogens (tertiary/aromatic N) is 2. The van der Waals surface area contributed by atoms with Crippen LogP contribution < -0.4 is 5.73 Å². The number of nitrogens with two attached hydrogens (primary N) is 1. The van der Waals surface area contributed by atoms with Crippen molar-refractivity contribution in [2.24, 2.45) is 11.7 Å². The van der Waals surface area contributed by atoms with Crippen molar-refractivity contribution in [2.45, 2.75) is 33.2 Å². The fraction of sp³-hybridized carbons (Fsp3) is 0.667. The predicted octanol–water partition coefficient (Wildman–Crippen LogP) is 1.14. The Morgan fingerprint density at radius 1 is 1.59 bits per heavy atom. The summed E-state index contributed by atoms with van der Waals surface area (Å²) in [5.74, 6) is -0.518. The highest BCUT2D eigenvalue weighted by atomic mass is 16.5. The van der Waals surface area contributed by atoms with Gasteiger partial charge >= 0.3 is 5.97 Å². The van der Waals surface area contributed by atoms with Crippen molar-refractivity contribution >= 4 is 5.97 Å². The molecule has 96 valence electrons. The van der Waals surface area contributed by atoms with Crippen LogP contribution in [0.4, 0.5) is 0 Å². The molecule has 17 heavy (non-hydrogen) atoms. The molecule has 1 heterocycles. The number of carbonyl (C=O) groups excluding carboxylic acids is 1. The molecule has 0 aromatic carbocycles. The maximum absolute atomic E-state index is 11.6. The molecule has 1 rings (SSSR count). The van der Waals surface area contributed by atoms with Crippen LogP contribution in [0.5, 0.6) is 0 Å². The summed E-state index contributed by atoms with van der Waals surface area (Å²) in [5.41, 5.74) is 6.63. The van der Waals surface area contributed by atoms with Gasteiger partial charge in [-0.1, -0.05) is 0 Å². The lowest BCUT2D eigenvalue weighted by Gasteiger charge is -2.16. The summed E-state index contributed by atoms with van der Waals surface area (Å²) < 4.78 is 7.04. The van der Waals surface area contributed by atoms with E-state index in [1.165, 1.54) is 0 Å². The highest BCUT2D eigenvalue weighted by Gasteiger charge is 2.20. The molecular formula is C12H21N3O2. The quantitative estimate of drug-likeness (QED) is 0.756. The molecule has 1 unspecified atom stereocenters. The number of aromatic nitrogens is 2. The number of carbonyl (C=O) groups is 1. The molecule has 0 aliphatic heterocycles. The zero-order chi connectivity index (χ0) is 12.8. The Hall–Kier alpha value is -1.36. The van der Waals surface area contributed by atoms with Gasteiger partial charge in [0, 0.05) is 30.9 Å². The van der Waals surface area contributed by atoms with E-state index < -0.39 is 0 Å². The first-order chi connectivity index (χ1) is 8.10. The normalized spacial score (nSPS) is 12.8.